The second kappa shape index (κ2) is 10.5. The van der Waals surface area contributed by atoms with Gasteiger partial charge in [0.15, 0.2) is 0 Å². The van der Waals surface area contributed by atoms with Crippen molar-refractivity contribution in [3.8, 4) is 0 Å². The van der Waals surface area contributed by atoms with Crippen LogP contribution in [0.15, 0.2) is 0 Å². The van der Waals surface area contributed by atoms with Gasteiger partial charge in [0.05, 0.1) is 19.6 Å². The SMILES string of the molecule is CC(=O)CN(CCN(C)CC=O)CCN(C)CC(=O)O. The third-order valence-electron chi connectivity index (χ3n) is 2.83. The average molecular weight is 287 g/mol. The highest BCUT2D eigenvalue weighted by molar-refractivity contribution is 5.77. The minimum Gasteiger partial charge on any atom is -0.480 e. The molecule has 1 N–H and O–H groups in total. The molecule has 0 bridgehead atoms. The van der Waals surface area contributed by atoms with Crippen molar-refractivity contribution < 1.29 is 19.5 Å². The van der Waals surface area contributed by atoms with Gasteiger partial charge in [0.2, 0.25) is 0 Å². The molecule has 0 aliphatic rings. The maximum atomic E-state index is 11.2. The third kappa shape index (κ3) is 10.6. The predicted molar refractivity (Wildman–Crippen MR) is 75.8 cm³/mol. The zero-order chi connectivity index (χ0) is 15.5. The molecule has 0 radical (unpaired) electrons. The van der Waals surface area contributed by atoms with Crippen LogP contribution in [-0.4, -0.2) is 97.8 Å². The number of carbonyl (C=O) groups is 3. The molecular formula is C13H25N3O4. The fourth-order valence-corrected chi connectivity index (χ4v) is 1.74. The Balaban J connectivity index is 4.16. The molecule has 0 atom stereocenters. The van der Waals surface area contributed by atoms with E-state index in [4.69, 9.17) is 5.11 Å². The van der Waals surface area contributed by atoms with Crippen LogP contribution in [-0.2, 0) is 14.4 Å². The molecule has 0 aliphatic heterocycles. The van der Waals surface area contributed by atoms with E-state index in [1.54, 1.807) is 11.9 Å². The molecule has 0 rings (SSSR count). The summed E-state index contributed by atoms with van der Waals surface area (Å²) in [6.07, 6.45) is 0.843. The zero-order valence-electron chi connectivity index (χ0n) is 12.5. The van der Waals surface area contributed by atoms with Crippen molar-refractivity contribution in [3.05, 3.63) is 0 Å². The lowest BCUT2D eigenvalue weighted by atomic mass is 10.3. The highest BCUT2D eigenvalue weighted by Crippen LogP contribution is 1.93. The number of hydrogen-bond donors (Lipinski definition) is 1. The fourth-order valence-electron chi connectivity index (χ4n) is 1.74. The van der Waals surface area contributed by atoms with Crippen LogP contribution in [0.4, 0.5) is 0 Å². The van der Waals surface area contributed by atoms with Gasteiger partial charge in [-0.2, -0.15) is 0 Å². The van der Waals surface area contributed by atoms with E-state index in [0.717, 1.165) is 6.29 Å². The van der Waals surface area contributed by atoms with Gasteiger partial charge in [-0.25, -0.2) is 0 Å². The molecule has 0 aromatic heterocycles. The molecule has 7 heteroatoms. The second-order valence-electron chi connectivity index (χ2n) is 5.04. The number of hydrogen-bond acceptors (Lipinski definition) is 6. The normalized spacial score (nSPS) is 11.3. The first-order chi connectivity index (χ1) is 9.35. The summed E-state index contributed by atoms with van der Waals surface area (Å²) in [5, 5.41) is 8.68. The molecule has 20 heavy (non-hydrogen) atoms. The van der Waals surface area contributed by atoms with Crippen molar-refractivity contribution in [1.29, 1.82) is 0 Å². The Morgan fingerprint density at radius 3 is 2.00 bits per heavy atom. The minimum atomic E-state index is -0.865. The van der Waals surface area contributed by atoms with Gasteiger partial charge in [-0.15, -0.1) is 0 Å². The monoisotopic (exact) mass is 287 g/mol. The lowest BCUT2D eigenvalue weighted by molar-refractivity contribution is -0.138. The van der Waals surface area contributed by atoms with Crippen LogP contribution in [0.5, 0.6) is 0 Å². The maximum absolute atomic E-state index is 11.2. The number of rotatable bonds is 12. The predicted octanol–water partition coefficient (Wildman–Crippen LogP) is -0.975. The Hall–Kier alpha value is -1.31. The quantitative estimate of drug-likeness (QED) is 0.462. The number of carboxylic acid groups (broad SMARTS) is 1. The van der Waals surface area contributed by atoms with Gasteiger partial charge in [-0.1, -0.05) is 0 Å². The summed E-state index contributed by atoms with van der Waals surface area (Å²) >= 11 is 0. The third-order valence-corrected chi connectivity index (χ3v) is 2.83. The number of ketones is 1. The van der Waals surface area contributed by atoms with Crippen molar-refractivity contribution in [2.24, 2.45) is 0 Å². The van der Waals surface area contributed by atoms with Gasteiger partial charge >= 0.3 is 5.97 Å². The summed E-state index contributed by atoms with van der Waals surface area (Å²) in [6.45, 7) is 4.79. The number of aldehydes is 1. The molecule has 0 unspecified atom stereocenters. The number of carboxylic acids is 1. The van der Waals surface area contributed by atoms with Gasteiger partial charge in [-0.3, -0.25) is 24.3 Å². The van der Waals surface area contributed by atoms with Gasteiger partial charge in [0.1, 0.15) is 12.1 Å². The Labute approximate surface area is 120 Å². The topological polar surface area (TPSA) is 81.2 Å². The highest BCUT2D eigenvalue weighted by Gasteiger charge is 2.11. The van der Waals surface area contributed by atoms with Gasteiger partial charge < -0.3 is 9.90 Å². The molecule has 0 aliphatic carbocycles. The lowest BCUT2D eigenvalue weighted by Crippen LogP contribution is -2.41. The summed E-state index contributed by atoms with van der Waals surface area (Å²) in [5.41, 5.74) is 0. The van der Waals surface area contributed by atoms with E-state index in [-0.39, 0.29) is 12.3 Å². The molecule has 0 heterocycles. The maximum Gasteiger partial charge on any atom is 0.317 e. The summed E-state index contributed by atoms with van der Waals surface area (Å²) in [4.78, 5) is 37.7. The Morgan fingerprint density at radius 2 is 1.55 bits per heavy atom. The Bertz CT molecular complexity index is 323. The fraction of sp³-hybridized carbons (Fsp3) is 0.769. The van der Waals surface area contributed by atoms with E-state index in [0.29, 0.717) is 39.3 Å². The first kappa shape index (κ1) is 18.7. The van der Waals surface area contributed by atoms with Crippen molar-refractivity contribution in [1.82, 2.24) is 14.7 Å². The van der Waals surface area contributed by atoms with Crippen LogP contribution >= 0.6 is 0 Å². The zero-order valence-corrected chi connectivity index (χ0v) is 12.5. The minimum absolute atomic E-state index is 0.0149. The first-order valence-electron chi connectivity index (χ1n) is 6.59. The van der Waals surface area contributed by atoms with Gasteiger partial charge in [-0.05, 0) is 21.0 Å². The Kier molecular flexibility index (Phi) is 9.79. The largest absolute Gasteiger partial charge is 0.480 e. The van der Waals surface area contributed by atoms with Crippen LogP contribution in [0.2, 0.25) is 0 Å². The van der Waals surface area contributed by atoms with E-state index < -0.39 is 5.97 Å². The van der Waals surface area contributed by atoms with Gasteiger partial charge in [0.25, 0.3) is 0 Å². The molecule has 0 amide bonds. The average Bonchev–Trinajstić information content (AvgIpc) is 2.31. The molecule has 0 saturated carbocycles. The number of aliphatic carboxylic acids is 1. The van der Waals surface area contributed by atoms with Crippen molar-refractivity contribution in [3.63, 3.8) is 0 Å². The van der Waals surface area contributed by atoms with E-state index in [2.05, 4.69) is 0 Å². The van der Waals surface area contributed by atoms with E-state index in [1.807, 2.05) is 16.8 Å². The van der Waals surface area contributed by atoms with E-state index in [1.165, 1.54) is 6.92 Å². The smallest absolute Gasteiger partial charge is 0.317 e. The van der Waals surface area contributed by atoms with E-state index in [9.17, 15) is 14.4 Å². The van der Waals surface area contributed by atoms with Crippen molar-refractivity contribution in [2.45, 2.75) is 6.92 Å². The van der Waals surface area contributed by atoms with Crippen LogP contribution in [0.25, 0.3) is 0 Å². The molecule has 0 aromatic carbocycles. The molecule has 0 aromatic rings. The van der Waals surface area contributed by atoms with Gasteiger partial charge in [0, 0.05) is 26.2 Å². The number of likely N-dealkylation sites (N-methyl/N-ethyl adjacent to an activating group) is 2. The molecule has 0 spiro atoms. The molecule has 7 nitrogen and oxygen atoms in total. The van der Waals surface area contributed by atoms with Crippen LogP contribution in [0, 0.1) is 0 Å². The summed E-state index contributed by atoms with van der Waals surface area (Å²) in [7, 11) is 3.58. The first-order valence-corrected chi connectivity index (χ1v) is 6.59. The number of Topliss-reactive ketones (excluding diaryl/α,β-unsaturated/α-hetero) is 1. The van der Waals surface area contributed by atoms with Crippen molar-refractivity contribution >= 4 is 18.0 Å². The summed E-state index contributed by atoms with van der Waals surface area (Å²) in [6, 6.07) is 0. The molecule has 0 saturated heterocycles. The molecule has 0 fully saturated rings. The Morgan fingerprint density at radius 1 is 1.00 bits per heavy atom. The standard InChI is InChI=1S/C13H25N3O4/c1-12(18)10-16(6-4-14(2)8-9-17)7-5-15(3)11-13(19)20/h9H,4-8,10-11H2,1-3H3,(H,19,20). The highest BCUT2D eigenvalue weighted by atomic mass is 16.4. The van der Waals surface area contributed by atoms with Crippen LogP contribution in [0.3, 0.4) is 0 Å². The van der Waals surface area contributed by atoms with Crippen molar-refractivity contribution in [2.75, 3.05) is 59.9 Å². The number of carbonyl (C=O) groups excluding carboxylic acids is 2. The molecular weight excluding hydrogens is 262 g/mol. The summed E-state index contributed by atoms with van der Waals surface area (Å²) < 4.78 is 0. The second-order valence-corrected chi connectivity index (χ2v) is 5.04. The molecule has 116 valence electrons. The summed E-state index contributed by atoms with van der Waals surface area (Å²) in [5.74, 6) is -0.791. The van der Waals surface area contributed by atoms with Crippen LogP contribution < -0.4 is 0 Å². The van der Waals surface area contributed by atoms with E-state index >= 15 is 0 Å². The number of nitrogens with zero attached hydrogens (tertiary/aromatic N) is 3. The van der Waals surface area contributed by atoms with Crippen LogP contribution in [0.1, 0.15) is 6.92 Å². The lowest BCUT2D eigenvalue weighted by Gasteiger charge is -2.25.